The second kappa shape index (κ2) is 4.74. The van der Waals surface area contributed by atoms with Crippen LogP contribution in [0.2, 0.25) is 0 Å². The molecule has 2 atom stereocenters. The van der Waals surface area contributed by atoms with Gasteiger partial charge in [-0.1, -0.05) is 20.3 Å². The lowest BCUT2D eigenvalue weighted by atomic mass is 9.99. The molecule has 1 N–H and O–H groups in total. The van der Waals surface area contributed by atoms with Crippen molar-refractivity contribution >= 4 is 11.9 Å². The third-order valence-corrected chi connectivity index (χ3v) is 1.83. The number of carbonyl (C=O) groups is 2. The molecule has 0 heterocycles. The predicted molar refractivity (Wildman–Crippen MR) is 42.1 cm³/mol. The fourth-order valence-corrected chi connectivity index (χ4v) is 0.888. The summed E-state index contributed by atoms with van der Waals surface area (Å²) in [4.78, 5) is 21.1. The van der Waals surface area contributed by atoms with E-state index in [-0.39, 0.29) is 11.8 Å². The van der Waals surface area contributed by atoms with Gasteiger partial charge in [-0.3, -0.25) is 4.79 Å². The summed E-state index contributed by atoms with van der Waals surface area (Å²) in [6.07, 6.45) is 0.693. The molecular weight excluding hydrogens is 158 g/mol. The molecule has 0 aliphatic heterocycles. The topological polar surface area (TPSA) is 69.2 Å². The molecule has 0 rings (SSSR count). The molecule has 2 unspecified atom stereocenters. The SMILES string of the molecule is CCC(C)C(NC(C)=O)C(=O)[O-]. The first kappa shape index (κ1) is 10.9. The normalized spacial score (nSPS) is 14.9. The van der Waals surface area contributed by atoms with Crippen molar-refractivity contribution in [2.75, 3.05) is 0 Å². The lowest BCUT2D eigenvalue weighted by molar-refractivity contribution is -0.309. The van der Waals surface area contributed by atoms with Gasteiger partial charge in [0.1, 0.15) is 0 Å². The molecule has 0 aromatic rings. The van der Waals surface area contributed by atoms with Gasteiger partial charge in [0, 0.05) is 6.92 Å². The highest BCUT2D eigenvalue weighted by atomic mass is 16.4. The summed E-state index contributed by atoms with van der Waals surface area (Å²) in [6, 6.07) is -0.868. The number of carbonyl (C=O) groups excluding carboxylic acids is 2. The highest BCUT2D eigenvalue weighted by Crippen LogP contribution is 2.06. The van der Waals surface area contributed by atoms with Gasteiger partial charge in [0.25, 0.3) is 0 Å². The molecule has 0 fully saturated rings. The third kappa shape index (κ3) is 3.37. The number of amides is 1. The van der Waals surface area contributed by atoms with Crippen LogP contribution in [0.1, 0.15) is 27.2 Å². The van der Waals surface area contributed by atoms with Crippen molar-refractivity contribution in [2.24, 2.45) is 5.92 Å². The monoisotopic (exact) mass is 172 g/mol. The Labute approximate surface area is 72.0 Å². The van der Waals surface area contributed by atoms with Crippen molar-refractivity contribution in [1.29, 1.82) is 0 Å². The van der Waals surface area contributed by atoms with Gasteiger partial charge in [-0.2, -0.15) is 0 Å². The molecule has 0 saturated heterocycles. The highest BCUT2D eigenvalue weighted by Gasteiger charge is 2.17. The standard InChI is InChI=1S/C8H15NO3/c1-4-5(2)7(8(11)12)9-6(3)10/h5,7H,4H2,1-3H3,(H,9,10)(H,11,12)/p-1. The summed E-state index contributed by atoms with van der Waals surface area (Å²) < 4.78 is 0. The lowest BCUT2D eigenvalue weighted by Crippen LogP contribution is -2.50. The van der Waals surface area contributed by atoms with E-state index >= 15 is 0 Å². The van der Waals surface area contributed by atoms with Crippen LogP contribution >= 0.6 is 0 Å². The fraction of sp³-hybridized carbons (Fsp3) is 0.750. The second-order valence-electron chi connectivity index (χ2n) is 2.88. The second-order valence-corrected chi connectivity index (χ2v) is 2.88. The first-order valence-electron chi connectivity index (χ1n) is 3.97. The van der Waals surface area contributed by atoms with Crippen LogP contribution in [-0.2, 0) is 9.59 Å². The van der Waals surface area contributed by atoms with Gasteiger partial charge in [-0.05, 0) is 5.92 Å². The number of nitrogens with one attached hydrogen (secondary N) is 1. The van der Waals surface area contributed by atoms with Crippen molar-refractivity contribution in [3.05, 3.63) is 0 Å². The van der Waals surface area contributed by atoms with E-state index in [1.165, 1.54) is 6.92 Å². The number of hydrogen-bond donors (Lipinski definition) is 1. The Morgan fingerprint density at radius 3 is 2.25 bits per heavy atom. The van der Waals surface area contributed by atoms with Gasteiger partial charge in [-0.25, -0.2) is 0 Å². The predicted octanol–water partition coefficient (Wildman–Crippen LogP) is -0.713. The number of carboxylic acids is 1. The summed E-state index contributed by atoms with van der Waals surface area (Å²) in [6.45, 7) is 4.91. The van der Waals surface area contributed by atoms with Gasteiger partial charge >= 0.3 is 0 Å². The Morgan fingerprint density at radius 2 is 2.00 bits per heavy atom. The minimum absolute atomic E-state index is 0.0982. The summed E-state index contributed by atoms with van der Waals surface area (Å²) in [7, 11) is 0. The molecule has 0 aromatic heterocycles. The van der Waals surface area contributed by atoms with E-state index in [4.69, 9.17) is 0 Å². The van der Waals surface area contributed by atoms with Crippen LogP contribution in [0.5, 0.6) is 0 Å². The summed E-state index contributed by atoms with van der Waals surface area (Å²) in [5, 5.41) is 12.8. The average Bonchev–Trinajstić information content (AvgIpc) is 1.98. The molecule has 0 radical (unpaired) electrons. The van der Waals surface area contributed by atoms with Crippen molar-refractivity contribution in [1.82, 2.24) is 5.32 Å². The van der Waals surface area contributed by atoms with E-state index in [1.807, 2.05) is 6.92 Å². The third-order valence-electron chi connectivity index (χ3n) is 1.83. The maximum absolute atomic E-state index is 10.6. The van der Waals surface area contributed by atoms with Gasteiger partial charge in [-0.15, -0.1) is 0 Å². The average molecular weight is 172 g/mol. The van der Waals surface area contributed by atoms with Gasteiger partial charge < -0.3 is 15.2 Å². The smallest absolute Gasteiger partial charge is 0.217 e. The Balaban J connectivity index is 4.22. The quantitative estimate of drug-likeness (QED) is 0.609. The lowest BCUT2D eigenvalue weighted by Gasteiger charge is -2.24. The van der Waals surface area contributed by atoms with Crippen LogP contribution < -0.4 is 10.4 Å². The molecule has 4 heteroatoms. The molecule has 0 bridgehead atoms. The summed E-state index contributed by atoms with van der Waals surface area (Å²) in [5.41, 5.74) is 0. The molecule has 4 nitrogen and oxygen atoms in total. The number of rotatable bonds is 4. The van der Waals surface area contributed by atoms with E-state index in [2.05, 4.69) is 5.32 Å². The van der Waals surface area contributed by atoms with Crippen molar-refractivity contribution in [2.45, 2.75) is 33.2 Å². The van der Waals surface area contributed by atoms with E-state index in [0.29, 0.717) is 6.42 Å². The van der Waals surface area contributed by atoms with Crippen LogP contribution in [0.3, 0.4) is 0 Å². The van der Waals surface area contributed by atoms with Crippen LogP contribution in [-0.4, -0.2) is 17.9 Å². The summed E-state index contributed by atoms with van der Waals surface area (Å²) >= 11 is 0. The Kier molecular flexibility index (Phi) is 4.33. The van der Waals surface area contributed by atoms with Crippen LogP contribution in [0, 0.1) is 5.92 Å². The molecule has 0 aliphatic rings. The zero-order valence-electron chi connectivity index (χ0n) is 7.59. The minimum Gasteiger partial charge on any atom is -0.548 e. The molecule has 0 aromatic carbocycles. The molecule has 12 heavy (non-hydrogen) atoms. The van der Waals surface area contributed by atoms with Crippen LogP contribution in [0.4, 0.5) is 0 Å². The number of hydrogen-bond acceptors (Lipinski definition) is 3. The molecule has 70 valence electrons. The number of aliphatic carboxylic acids is 1. The van der Waals surface area contributed by atoms with Crippen molar-refractivity contribution < 1.29 is 14.7 Å². The van der Waals surface area contributed by atoms with Crippen LogP contribution in [0.15, 0.2) is 0 Å². The fourth-order valence-electron chi connectivity index (χ4n) is 0.888. The van der Waals surface area contributed by atoms with Gasteiger partial charge in [0.15, 0.2) is 0 Å². The summed E-state index contributed by atoms with van der Waals surface area (Å²) in [5.74, 6) is -1.66. The Bertz CT molecular complexity index is 179. The molecule has 0 aliphatic carbocycles. The van der Waals surface area contributed by atoms with E-state index < -0.39 is 12.0 Å². The molecule has 0 saturated carbocycles. The van der Waals surface area contributed by atoms with Gasteiger partial charge in [0.05, 0.1) is 12.0 Å². The van der Waals surface area contributed by atoms with E-state index in [9.17, 15) is 14.7 Å². The van der Waals surface area contributed by atoms with E-state index in [0.717, 1.165) is 0 Å². The Morgan fingerprint density at radius 1 is 1.50 bits per heavy atom. The molecular formula is C8H14NO3-. The molecule has 0 spiro atoms. The highest BCUT2D eigenvalue weighted by molar-refractivity contribution is 5.81. The zero-order valence-corrected chi connectivity index (χ0v) is 7.59. The maximum atomic E-state index is 10.6. The van der Waals surface area contributed by atoms with Crippen molar-refractivity contribution in [3.63, 3.8) is 0 Å². The minimum atomic E-state index is -1.22. The van der Waals surface area contributed by atoms with Gasteiger partial charge in [0.2, 0.25) is 5.91 Å². The Hall–Kier alpha value is -1.06. The first-order valence-corrected chi connectivity index (χ1v) is 3.97. The number of carboxylic acid groups (broad SMARTS) is 1. The largest absolute Gasteiger partial charge is 0.548 e. The van der Waals surface area contributed by atoms with E-state index in [1.54, 1.807) is 6.92 Å². The van der Waals surface area contributed by atoms with Crippen molar-refractivity contribution in [3.8, 4) is 0 Å². The van der Waals surface area contributed by atoms with Crippen LogP contribution in [0.25, 0.3) is 0 Å². The zero-order chi connectivity index (χ0) is 9.72. The maximum Gasteiger partial charge on any atom is 0.217 e. The first-order chi connectivity index (χ1) is 5.49. The molecule has 1 amide bonds.